The molecule has 1 rings (SSSR count). The molecule has 0 radical (unpaired) electrons. The lowest BCUT2D eigenvalue weighted by Crippen LogP contribution is -2.33. The minimum atomic E-state index is -3.40. The van der Waals surface area contributed by atoms with Crippen LogP contribution in [0.15, 0.2) is 18.2 Å². The van der Waals surface area contributed by atoms with Crippen molar-refractivity contribution in [2.24, 2.45) is 0 Å². The molecule has 0 amide bonds. The molecule has 0 saturated carbocycles. The molecule has 20 heavy (non-hydrogen) atoms. The average Bonchev–Trinajstić information content (AvgIpc) is 2.43. The monoisotopic (exact) mass is 303 g/mol. The molecule has 0 aliphatic heterocycles. The summed E-state index contributed by atoms with van der Waals surface area (Å²) in [6.07, 6.45) is -0.955. The molecule has 6 nitrogen and oxygen atoms in total. The Morgan fingerprint density at radius 2 is 1.80 bits per heavy atom. The lowest BCUT2D eigenvalue weighted by Gasteiger charge is -2.16. The third-order valence-electron chi connectivity index (χ3n) is 2.89. The van der Waals surface area contributed by atoms with Crippen LogP contribution in [0.25, 0.3) is 0 Å². The van der Waals surface area contributed by atoms with E-state index in [1.165, 1.54) is 14.2 Å². The number of ether oxygens (including phenoxy) is 2. The third kappa shape index (κ3) is 4.09. The molecule has 7 heteroatoms. The van der Waals surface area contributed by atoms with E-state index < -0.39 is 21.4 Å². The topological polar surface area (TPSA) is 84.9 Å². The first-order valence-corrected chi connectivity index (χ1v) is 7.75. The van der Waals surface area contributed by atoms with Crippen molar-refractivity contribution in [1.29, 1.82) is 0 Å². The van der Waals surface area contributed by atoms with Crippen molar-refractivity contribution in [2.45, 2.75) is 25.2 Å². The molecule has 114 valence electrons. The van der Waals surface area contributed by atoms with Gasteiger partial charge in [-0.15, -0.1) is 0 Å². The summed E-state index contributed by atoms with van der Waals surface area (Å²) in [5, 5.41) is 9.48. The summed E-state index contributed by atoms with van der Waals surface area (Å²) in [5.41, 5.74) is 0.550. The Bertz CT molecular complexity index is 542. The van der Waals surface area contributed by atoms with Crippen LogP contribution in [0.3, 0.4) is 0 Å². The molecule has 1 atom stereocenters. The highest BCUT2D eigenvalue weighted by molar-refractivity contribution is 7.90. The van der Waals surface area contributed by atoms with Crippen LogP contribution in [0.2, 0.25) is 0 Å². The van der Waals surface area contributed by atoms with Crippen LogP contribution >= 0.6 is 0 Å². The first kappa shape index (κ1) is 16.7. The highest BCUT2D eigenvalue weighted by Gasteiger charge is 2.18. The molecule has 0 aliphatic carbocycles. The highest BCUT2D eigenvalue weighted by Crippen LogP contribution is 2.29. The normalized spacial score (nSPS) is 13.3. The van der Waals surface area contributed by atoms with Gasteiger partial charge < -0.3 is 14.6 Å². The zero-order valence-corrected chi connectivity index (χ0v) is 12.9. The van der Waals surface area contributed by atoms with E-state index in [4.69, 9.17) is 9.47 Å². The molecule has 1 aromatic carbocycles. The fourth-order valence-electron chi connectivity index (χ4n) is 1.54. The first-order chi connectivity index (χ1) is 9.31. The fraction of sp³-hybridized carbons (Fsp3) is 0.538. The highest BCUT2D eigenvalue weighted by atomic mass is 32.2. The van der Waals surface area contributed by atoms with Gasteiger partial charge in [-0.1, -0.05) is 6.07 Å². The maximum absolute atomic E-state index is 11.6. The SMILES string of the molecule is COc1ccc(C(O)CNS(=O)(=O)C(C)C)cc1OC. The summed E-state index contributed by atoms with van der Waals surface area (Å²) in [7, 11) is -0.382. The lowest BCUT2D eigenvalue weighted by molar-refractivity contribution is 0.181. The predicted octanol–water partition coefficient (Wildman–Crippen LogP) is 1.06. The lowest BCUT2D eigenvalue weighted by atomic mass is 10.1. The minimum absolute atomic E-state index is 0.0873. The van der Waals surface area contributed by atoms with Crippen LogP contribution in [0.4, 0.5) is 0 Å². The van der Waals surface area contributed by atoms with Gasteiger partial charge in [0.15, 0.2) is 11.5 Å². The van der Waals surface area contributed by atoms with E-state index in [9.17, 15) is 13.5 Å². The first-order valence-electron chi connectivity index (χ1n) is 6.20. The quantitative estimate of drug-likeness (QED) is 0.787. The molecule has 2 N–H and O–H groups in total. The third-order valence-corrected chi connectivity index (χ3v) is 4.70. The van der Waals surface area contributed by atoms with E-state index in [2.05, 4.69) is 4.72 Å². The maximum atomic E-state index is 11.6. The Hall–Kier alpha value is -1.31. The summed E-state index contributed by atoms with van der Waals surface area (Å²) in [4.78, 5) is 0. The van der Waals surface area contributed by atoms with Crippen molar-refractivity contribution < 1.29 is 23.0 Å². The fourth-order valence-corrected chi connectivity index (χ4v) is 2.26. The number of methoxy groups -OCH3 is 2. The van der Waals surface area contributed by atoms with Gasteiger partial charge in [-0.05, 0) is 31.5 Å². The second kappa shape index (κ2) is 6.92. The van der Waals surface area contributed by atoms with Crippen LogP contribution in [0, 0.1) is 0 Å². The molecule has 0 spiro atoms. The molecule has 1 unspecified atom stereocenters. The number of benzene rings is 1. The van der Waals surface area contributed by atoms with Crippen molar-refractivity contribution in [1.82, 2.24) is 4.72 Å². The van der Waals surface area contributed by atoms with Gasteiger partial charge in [0.1, 0.15) is 0 Å². The molecule has 0 aliphatic rings. The molecule has 0 fully saturated rings. The summed E-state index contributed by atoms with van der Waals surface area (Å²) >= 11 is 0. The van der Waals surface area contributed by atoms with Gasteiger partial charge in [-0.25, -0.2) is 13.1 Å². The second-order valence-corrected chi connectivity index (χ2v) is 6.89. The zero-order valence-electron chi connectivity index (χ0n) is 12.1. The van der Waals surface area contributed by atoms with E-state index in [1.807, 2.05) is 0 Å². The van der Waals surface area contributed by atoms with Crippen LogP contribution in [-0.2, 0) is 10.0 Å². The van der Waals surface area contributed by atoms with Gasteiger partial charge in [-0.2, -0.15) is 0 Å². The summed E-state index contributed by atoms with van der Waals surface area (Å²) in [5.74, 6) is 1.03. The molecule has 0 saturated heterocycles. The number of aliphatic hydroxyl groups is 1. The van der Waals surface area contributed by atoms with Crippen molar-refractivity contribution in [3.8, 4) is 11.5 Å². The van der Waals surface area contributed by atoms with Gasteiger partial charge in [0.05, 0.1) is 25.6 Å². The smallest absolute Gasteiger partial charge is 0.214 e. The van der Waals surface area contributed by atoms with Crippen LogP contribution in [-0.4, -0.2) is 39.5 Å². The zero-order chi connectivity index (χ0) is 15.3. The van der Waals surface area contributed by atoms with Gasteiger partial charge >= 0.3 is 0 Å². The number of rotatable bonds is 7. The summed E-state index contributed by atoms with van der Waals surface area (Å²) in [6, 6.07) is 4.94. The Labute approximate surface area is 119 Å². The molecular weight excluding hydrogens is 282 g/mol. The predicted molar refractivity (Wildman–Crippen MR) is 76.6 cm³/mol. The molecule has 1 aromatic rings. The number of hydrogen-bond donors (Lipinski definition) is 2. The van der Waals surface area contributed by atoms with Crippen LogP contribution in [0.1, 0.15) is 25.5 Å². The van der Waals surface area contributed by atoms with Crippen LogP contribution in [0.5, 0.6) is 11.5 Å². The largest absolute Gasteiger partial charge is 0.493 e. The Balaban J connectivity index is 2.80. The molecule has 0 aromatic heterocycles. The number of nitrogens with one attached hydrogen (secondary N) is 1. The van der Waals surface area contributed by atoms with E-state index >= 15 is 0 Å². The van der Waals surface area contributed by atoms with Crippen molar-refractivity contribution in [2.75, 3.05) is 20.8 Å². The number of aliphatic hydroxyl groups excluding tert-OH is 1. The maximum Gasteiger partial charge on any atom is 0.214 e. The Morgan fingerprint density at radius 3 is 2.30 bits per heavy atom. The van der Waals surface area contributed by atoms with Gasteiger partial charge in [-0.3, -0.25) is 0 Å². The van der Waals surface area contributed by atoms with E-state index in [-0.39, 0.29) is 6.54 Å². The molecule has 0 bridgehead atoms. The van der Waals surface area contributed by atoms with Crippen LogP contribution < -0.4 is 14.2 Å². The summed E-state index contributed by atoms with van der Waals surface area (Å²) < 4.78 is 35.9. The van der Waals surface area contributed by atoms with E-state index in [0.29, 0.717) is 17.1 Å². The molecular formula is C13H21NO5S. The van der Waals surface area contributed by atoms with E-state index in [1.54, 1.807) is 32.0 Å². The summed E-state index contributed by atoms with van der Waals surface area (Å²) in [6.45, 7) is 3.06. The van der Waals surface area contributed by atoms with Crippen molar-refractivity contribution in [3.63, 3.8) is 0 Å². The second-order valence-electron chi connectivity index (χ2n) is 4.57. The van der Waals surface area contributed by atoms with Gasteiger partial charge in [0.2, 0.25) is 10.0 Å². The minimum Gasteiger partial charge on any atom is -0.493 e. The Morgan fingerprint density at radius 1 is 1.20 bits per heavy atom. The number of sulfonamides is 1. The standard InChI is InChI=1S/C13H21NO5S/c1-9(2)20(16,17)14-8-11(15)10-5-6-12(18-3)13(7-10)19-4/h5-7,9,11,14-15H,8H2,1-4H3. The molecule has 0 heterocycles. The van der Waals surface area contributed by atoms with Crippen molar-refractivity contribution >= 4 is 10.0 Å². The van der Waals surface area contributed by atoms with Crippen molar-refractivity contribution in [3.05, 3.63) is 23.8 Å². The number of hydrogen-bond acceptors (Lipinski definition) is 5. The van der Waals surface area contributed by atoms with E-state index in [0.717, 1.165) is 0 Å². The average molecular weight is 303 g/mol. The Kier molecular flexibility index (Phi) is 5.79. The van der Waals surface area contributed by atoms with Gasteiger partial charge in [0.25, 0.3) is 0 Å². The van der Waals surface area contributed by atoms with Gasteiger partial charge in [0, 0.05) is 6.54 Å².